The zero-order valence-corrected chi connectivity index (χ0v) is 13.9. The molecule has 0 radical (unpaired) electrons. The third-order valence-electron chi connectivity index (χ3n) is 5.06. The molecule has 0 amide bonds. The first-order valence-electron chi connectivity index (χ1n) is 7.66. The molecule has 1 aliphatic rings. The van der Waals surface area contributed by atoms with Gasteiger partial charge in [-0.05, 0) is 57.4 Å². The van der Waals surface area contributed by atoms with Crippen molar-refractivity contribution in [2.24, 2.45) is 0 Å². The van der Waals surface area contributed by atoms with Crippen LogP contribution in [0.4, 0.5) is 0 Å². The van der Waals surface area contributed by atoms with E-state index in [1.807, 2.05) is 20.8 Å². The SMILES string of the molecule is Cc1ccc(-c2cc(C)c3c(c2)OC(C)(C)C3(C)C=O)cc1. The number of aldehydes is 1. The monoisotopic (exact) mass is 294 g/mol. The first-order chi connectivity index (χ1) is 10.3. The van der Waals surface area contributed by atoms with Crippen LogP contribution in [0.1, 0.15) is 37.5 Å². The number of aryl methyl sites for hydroxylation is 2. The van der Waals surface area contributed by atoms with Gasteiger partial charge >= 0.3 is 0 Å². The highest BCUT2D eigenvalue weighted by atomic mass is 16.5. The Kier molecular flexibility index (Phi) is 3.17. The molecule has 0 saturated heterocycles. The van der Waals surface area contributed by atoms with Crippen LogP contribution in [-0.2, 0) is 10.2 Å². The topological polar surface area (TPSA) is 26.3 Å². The molecule has 0 saturated carbocycles. The van der Waals surface area contributed by atoms with E-state index in [1.165, 1.54) is 5.56 Å². The van der Waals surface area contributed by atoms with E-state index >= 15 is 0 Å². The van der Waals surface area contributed by atoms with Gasteiger partial charge < -0.3 is 9.53 Å². The molecule has 0 bridgehead atoms. The third-order valence-corrected chi connectivity index (χ3v) is 5.06. The number of rotatable bonds is 2. The summed E-state index contributed by atoms with van der Waals surface area (Å²) in [5.41, 5.74) is 4.51. The van der Waals surface area contributed by atoms with E-state index in [2.05, 4.69) is 50.2 Å². The molecule has 114 valence electrons. The maximum atomic E-state index is 11.8. The summed E-state index contributed by atoms with van der Waals surface area (Å²) >= 11 is 0. The number of carbonyl (C=O) groups excluding carboxylic acids is 1. The molecule has 0 N–H and O–H groups in total. The number of benzene rings is 2. The largest absolute Gasteiger partial charge is 0.486 e. The number of hydrogen-bond acceptors (Lipinski definition) is 2. The molecular formula is C20H22O2. The minimum atomic E-state index is -0.613. The lowest BCUT2D eigenvalue weighted by molar-refractivity contribution is -0.116. The van der Waals surface area contributed by atoms with Crippen LogP contribution in [-0.4, -0.2) is 11.9 Å². The molecule has 1 aliphatic heterocycles. The van der Waals surface area contributed by atoms with E-state index in [0.717, 1.165) is 34.3 Å². The normalized spacial score (nSPS) is 22.0. The molecule has 2 nitrogen and oxygen atoms in total. The van der Waals surface area contributed by atoms with Gasteiger partial charge in [-0.3, -0.25) is 0 Å². The Labute approximate surface area is 132 Å². The lowest BCUT2D eigenvalue weighted by atomic mass is 9.71. The van der Waals surface area contributed by atoms with Crippen molar-refractivity contribution in [3.8, 4) is 16.9 Å². The first-order valence-corrected chi connectivity index (χ1v) is 7.66. The van der Waals surface area contributed by atoms with Gasteiger partial charge in [0, 0.05) is 5.56 Å². The van der Waals surface area contributed by atoms with Gasteiger partial charge in [0.15, 0.2) is 0 Å². The van der Waals surface area contributed by atoms with Crippen molar-refractivity contribution in [2.75, 3.05) is 0 Å². The molecular weight excluding hydrogens is 272 g/mol. The minimum absolute atomic E-state index is 0.534. The molecule has 0 spiro atoms. The molecule has 1 heterocycles. The molecule has 0 fully saturated rings. The van der Waals surface area contributed by atoms with Crippen molar-refractivity contribution in [1.82, 2.24) is 0 Å². The van der Waals surface area contributed by atoms with Crippen LogP contribution >= 0.6 is 0 Å². The minimum Gasteiger partial charge on any atom is -0.486 e. The van der Waals surface area contributed by atoms with Gasteiger partial charge in [-0.2, -0.15) is 0 Å². The summed E-state index contributed by atoms with van der Waals surface area (Å²) in [5.74, 6) is 0.829. The number of fused-ring (bicyclic) bond motifs is 1. The highest BCUT2D eigenvalue weighted by Crippen LogP contribution is 2.50. The molecule has 22 heavy (non-hydrogen) atoms. The molecule has 1 unspecified atom stereocenters. The number of hydrogen-bond donors (Lipinski definition) is 0. The fraction of sp³-hybridized carbons (Fsp3) is 0.350. The smallest absolute Gasteiger partial charge is 0.134 e. The summed E-state index contributed by atoms with van der Waals surface area (Å²) < 4.78 is 6.14. The van der Waals surface area contributed by atoms with Crippen LogP contribution in [0.5, 0.6) is 5.75 Å². The fourth-order valence-electron chi connectivity index (χ4n) is 3.30. The molecule has 0 aromatic heterocycles. The van der Waals surface area contributed by atoms with Crippen molar-refractivity contribution in [1.29, 1.82) is 0 Å². The summed E-state index contributed by atoms with van der Waals surface area (Å²) in [4.78, 5) is 11.8. The summed E-state index contributed by atoms with van der Waals surface area (Å²) in [5, 5.41) is 0. The van der Waals surface area contributed by atoms with Crippen molar-refractivity contribution in [2.45, 2.75) is 45.6 Å². The van der Waals surface area contributed by atoms with Crippen LogP contribution in [0.15, 0.2) is 36.4 Å². The van der Waals surface area contributed by atoms with Gasteiger partial charge in [0.25, 0.3) is 0 Å². The van der Waals surface area contributed by atoms with Crippen LogP contribution in [0.3, 0.4) is 0 Å². The molecule has 1 atom stereocenters. The van der Waals surface area contributed by atoms with E-state index in [-0.39, 0.29) is 0 Å². The van der Waals surface area contributed by atoms with Gasteiger partial charge in [0.1, 0.15) is 17.6 Å². The zero-order valence-electron chi connectivity index (χ0n) is 13.9. The standard InChI is InChI=1S/C20H22O2/c1-13-6-8-15(9-7-13)16-10-14(2)18-17(11-16)22-19(3,4)20(18,5)12-21/h6-12H,1-5H3. The van der Waals surface area contributed by atoms with E-state index in [0.29, 0.717) is 0 Å². The van der Waals surface area contributed by atoms with E-state index in [9.17, 15) is 4.79 Å². The maximum absolute atomic E-state index is 11.8. The molecule has 2 aromatic carbocycles. The van der Waals surface area contributed by atoms with Crippen molar-refractivity contribution in [3.63, 3.8) is 0 Å². The summed E-state index contributed by atoms with van der Waals surface area (Å²) in [6, 6.07) is 12.7. The van der Waals surface area contributed by atoms with Gasteiger partial charge in [-0.25, -0.2) is 0 Å². The number of ether oxygens (including phenoxy) is 1. The van der Waals surface area contributed by atoms with Gasteiger partial charge in [0.2, 0.25) is 0 Å². The predicted octanol–water partition coefficient (Wildman–Crippen LogP) is 4.60. The quantitative estimate of drug-likeness (QED) is 0.757. The highest BCUT2D eigenvalue weighted by Gasteiger charge is 2.52. The second-order valence-corrected chi connectivity index (χ2v) is 6.96. The highest BCUT2D eigenvalue weighted by molar-refractivity contribution is 5.79. The Hall–Kier alpha value is -2.09. The van der Waals surface area contributed by atoms with E-state index < -0.39 is 11.0 Å². The second kappa shape index (κ2) is 4.70. The Morgan fingerprint density at radius 1 is 0.955 bits per heavy atom. The summed E-state index contributed by atoms with van der Waals surface area (Å²) in [7, 11) is 0. The molecule has 2 aromatic rings. The van der Waals surface area contributed by atoms with E-state index in [1.54, 1.807) is 0 Å². The van der Waals surface area contributed by atoms with Crippen molar-refractivity contribution in [3.05, 3.63) is 53.1 Å². The zero-order chi connectivity index (χ0) is 16.1. The van der Waals surface area contributed by atoms with Crippen LogP contribution < -0.4 is 4.74 Å². The molecule has 2 heteroatoms. The van der Waals surface area contributed by atoms with Crippen LogP contribution in [0.25, 0.3) is 11.1 Å². The Bertz CT molecular complexity index is 741. The maximum Gasteiger partial charge on any atom is 0.134 e. The van der Waals surface area contributed by atoms with Crippen LogP contribution in [0.2, 0.25) is 0 Å². The lowest BCUT2D eigenvalue weighted by Gasteiger charge is -2.32. The Morgan fingerprint density at radius 3 is 2.18 bits per heavy atom. The van der Waals surface area contributed by atoms with Gasteiger partial charge in [-0.15, -0.1) is 0 Å². The predicted molar refractivity (Wildman–Crippen MR) is 89.5 cm³/mol. The Morgan fingerprint density at radius 2 is 1.59 bits per heavy atom. The molecule has 3 rings (SSSR count). The average molecular weight is 294 g/mol. The third kappa shape index (κ3) is 1.98. The summed E-state index contributed by atoms with van der Waals surface area (Å²) in [6.07, 6.45) is 1.03. The van der Waals surface area contributed by atoms with Crippen molar-refractivity contribution >= 4 is 6.29 Å². The summed E-state index contributed by atoms with van der Waals surface area (Å²) in [6.45, 7) is 10.1. The van der Waals surface area contributed by atoms with Gasteiger partial charge in [-0.1, -0.05) is 35.9 Å². The first kappa shape index (κ1) is 14.8. The lowest BCUT2D eigenvalue weighted by Crippen LogP contribution is -2.45. The number of carbonyl (C=O) groups is 1. The fourth-order valence-corrected chi connectivity index (χ4v) is 3.30. The van der Waals surface area contributed by atoms with E-state index in [4.69, 9.17) is 4.74 Å². The van der Waals surface area contributed by atoms with Gasteiger partial charge in [0.05, 0.1) is 5.41 Å². The molecule has 0 aliphatic carbocycles. The second-order valence-electron chi connectivity index (χ2n) is 6.96. The Balaban J connectivity index is 2.17. The van der Waals surface area contributed by atoms with Crippen molar-refractivity contribution < 1.29 is 9.53 Å². The van der Waals surface area contributed by atoms with Crippen LogP contribution in [0, 0.1) is 13.8 Å². The average Bonchev–Trinajstić information content (AvgIpc) is 2.66.